The van der Waals surface area contributed by atoms with Crippen molar-refractivity contribution in [2.24, 2.45) is 5.92 Å². The molecule has 1 saturated carbocycles. The lowest BCUT2D eigenvalue weighted by molar-refractivity contribution is 0.398. The SMILES string of the molecule is CC(Cc1ccc(F)cc1)NCC1CCCCCC1. The quantitative estimate of drug-likeness (QED) is 0.780. The third-order valence-electron chi connectivity index (χ3n) is 4.18. The minimum atomic E-state index is -0.150. The van der Waals surface area contributed by atoms with Crippen LogP contribution in [-0.4, -0.2) is 12.6 Å². The Morgan fingerprint density at radius 2 is 1.74 bits per heavy atom. The van der Waals surface area contributed by atoms with Crippen LogP contribution >= 0.6 is 0 Å². The summed E-state index contributed by atoms with van der Waals surface area (Å²) in [5.41, 5.74) is 1.21. The molecule has 1 nitrogen and oxygen atoms in total. The predicted molar refractivity (Wildman–Crippen MR) is 78.8 cm³/mol. The van der Waals surface area contributed by atoms with Gasteiger partial charge in [0, 0.05) is 6.04 Å². The van der Waals surface area contributed by atoms with E-state index in [-0.39, 0.29) is 5.82 Å². The first-order valence-corrected chi connectivity index (χ1v) is 7.72. The minimum absolute atomic E-state index is 0.150. The maximum atomic E-state index is 12.8. The summed E-state index contributed by atoms with van der Waals surface area (Å²) in [7, 11) is 0. The van der Waals surface area contributed by atoms with Crippen molar-refractivity contribution in [3.05, 3.63) is 35.6 Å². The molecule has 0 aliphatic heterocycles. The average molecular weight is 263 g/mol. The first-order chi connectivity index (χ1) is 9.24. The Balaban J connectivity index is 1.71. The van der Waals surface area contributed by atoms with Crippen molar-refractivity contribution < 1.29 is 4.39 Å². The van der Waals surface area contributed by atoms with Crippen LogP contribution in [0.4, 0.5) is 4.39 Å². The van der Waals surface area contributed by atoms with Crippen molar-refractivity contribution in [3.8, 4) is 0 Å². The fourth-order valence-electron chi connectivity index (χ4n) is 2.98. The number of halogens is 1. The minimum Gasteiger partial charge on any atom is -0.314 e. The molecule has 1 aliphatic rings. The number of hydrogen-bond acceptors (Lipinski definition) is 1. The second kappa shape index (κ2) is 7.64. The summed E-state index contributed by atoms with van der Waals surface area (Å²) in [6.45, 7) is 3.36. The van der Waals surface area contributed by atoms with Gasteiger partial charge in [-0.15, -0.1) is 0 Å². The lowest BCUT2D eigenvalue weighted by atomic mass is 9.99. The van der Waals surface area contributed by atoms with Gasteiger partial charge in [-0.1, -0.05) is 37.8 Å². The third kappa shape index (κ3) is 5.32. The van der Waals surface area contributed by atoms with Crippen molar-refractivity contribution in [3.63, 3.8) is 0 Å². The van der Waals surface area contributed by atoms with Gasteiger partial charge in [0.05, 0.1) is 0 Å². The lowest BCUT2D eigenvalue weighted by Gasteiger charge is -2.19. The van der Waals surface area contributed by atoms with Crippen LogP contribution in [0.3, 0.4) is 0 Å². The monoisotopic (exact) mass is 263 g/mol. The summed E-state index contributed by atoms with van der Waals surface area (Å²) >= 11 is 0. The van der Waals surface area contributed by atoms with Crippen LogP contribution in [0.25, 0.3) is 0 Å². The van der Waals surface area contributed by atoms with E-state index in [1.165, 1.54) is 44.1 Å². The highest BCUT2D eigenvalue weighted by atomic mass is 19.1. The Morgan fingerprint density at radius 3 is 2.37 bits per heavy atom. The van der Waals surface area contributed by atoms with Gasteiger partial charge >= 0.3 is 0 Å². The Hall–Kier alpha value is -0.890. The topological polar surface area (TPSA) is 12.0 Å². The number of hydrogen-bond donors (Lipinski definition) is 1. The molecule has 0 amide bonds. The van der Waals surface area contributed by atoms with E-state index in [2.05, 4.69) is 12.2 Å². The second-order valence-electron chi connectivity index (χ2n) is 6.00. The van der Waals surface area contributed by atoms with Crippen molar-refractivity contribution in [2.75, 3.05) is 6.54 Å². The van der Waals surface area contributed by atoms with Gasteiger partial charge in [0.1, 0.15) is 5.82 Å². The van der Waals surface area contributed by atoms with Gasteiger partial charge < -0.3 is 5.32 Å². The Labute approximate surface area is 116 Å². The lowest BCUT2D eigenvalue weighted by Crippen LogP contribution is -2.32. The molecule has 1 aromatic carbocycles. The highest BCUT2D eigenvalue weighted by Gasteiger charge is 2.13. The maximum absolute atomic E-state index is 12.8. The average Bonchev–Trinajstić information content (AvgIpc) is 2.68. The summed E-state index contributed by atoms with van der Waals surface area (Å²) in [4.78, 5) is 0. The number of nitrogens with one attached hydrogen (secondary N) is 1. The standard InChI is InChI=1S/C17H26FN/c1-14(12-15-8-10-17(18)11-9-15)19-13-16-6-4-2-3-5-7-16/h8-11,14,16,19H,2-7,12-13H2,1H3. The zero-order valence-electron chi connectivity index (χ0n) is 12.0. The third-order valence-corrected chi connectivity index (χ3v) is 4.18. The van der Waals surface area contributed by atoms with Crippen LogP contribution in [0, 0.1) is 11.7 Å². The molecule has 0 spiro atoms. The van der Waals surface area contributed by atoms with E-state index in [1.807, 2.05) is 12.1 Å². The highest BCUT2D eigenvalue weighted by Crippen LogP contribution is 2.22. The fraction of sp³-hybridized carbons (Fsp3) is 0.647. The molecule has 1 N–H and O–H groups in total. The van der Waals surface area contributed by atoms with E-state index < -0.39 is 0 Å². The zero-order valence-corrected chi connectivity index (χ0v) is 12.0. The van der Waals surface area contributed by atoms with Crippen LogP contribution in [-0.2, 0) is 6.42 Å². The fourth-order valence-corrected chi connectivity index (χ4v) is 2.98. The molecule has 0 heterocycles. The molecule has 2 heteroatoms. The van der Waals surface area contributed by atoms with E-state index in [1.54, 1.807) is 12.1 Å². The second-order valence-corrected chi connectivity index (χ2v) is 6.00. The van der Waals surface area contributed by atoms with Gasteiger partial charge in [0.2, 0.25) is 0 Å². The van der Waals surface area contributed by atoms with Gasteiger partial charge in [-0.05, 0) is 56.3 Å². The van der Waals surface area contributed by atoms with Gasteiger partial charge in [0.25, 0.3) is 0 Å². The molecule has 2 rings (SSSR count). The molecule has 1 unspecified atom stereocenters. The molecule has 1 atom stereocenters. The zero-order chi connectivity index (χ0) is 13.5. The molecule has 19 heavy (non-hydrogen) atoms. The number of benzene rings is 1. The summed E-state index contributed by atoms with van der Waals surface area (Å²) in [5, 5.41) is 3.65. The molecule has 1 aliphatic carbocycles. The van der Waals surface area contributed by atoms with Crippen LogP contribution in [0.2, 0.25) is 0 Å². The first-order valence-electron chi connectivity index (χ1n) is 7.72. The van der Waals surface area contributed by atoms with Crippen LogP contribution in [0.1, 0.15) is 51.0 Å². The van der Waals surface area contributed by atoms with Crippen LogP contribution < -0.4 is 5.32 Å². The largest absolute Gasteiger partial charge is 0.314 e. The van der Waals surface area contributed by atoms with E-state index in [9.17, 15) is 4.39 Å². The summed E-state index contributed by atoms with van der Waals surface area (Å²) in [6.07, 6.45) is 9.39. The molecule has 0 aromatic heterocycles. The van der Waals surface area contributed by atoms with E-state index in [4.69, 9.17) is 0 Å². The first kappa shape index (κ1) is 14.5. The van der Waals surface area contributed by atoms with Crippen molar-refractivity contribution in [1.82, 2.24) is 5.32 Å². The maximum Gasteiger partial charge on any atom is 0.123 e. The predicted octanol–water partition coefficient (Wildman–Crippen LogP) is 4.32. The van der Waals surface area contributed by atoms with Crippen molar-refractivity contribution >= 4 is 0 Å². The molecule has 1 fully saturated rings. The highest BCUT2D eigenvalue weighted by molar-refractivity contribution is 5.16. The van der Waals surface area contributed by atoms with Gasteiger partial charge in [-0.2, -0.15) is 0 Å². The Kier molecular flexibility index (Phi) is 5.84. The van der Waals surface area contributed by atoms with E-state index in [0.29, 0.717) is 6.04 Å². The molecule has 106 valence electrons. The molecular weight excluding hydrogens is 237 g/mol. The summed E-state index contributed by atoms with van der Waals surface area (Å²) < 4.78 is 12.8. The molecule has 0 radical (unpaired) electrons. The van der Waals surface area contributed by atoms with Gasteiger partial charge in [-0.3, -0.25) is 0 Å². The molecule has 1 aromatic rings. The molecular formula is C17H26FN. The van der Waals surface area contributed by atoms with Crippen LogP contribution in [0.15, 0.2) is 24.3 Å². The Bertz CT molecular complexity index is 352. The van der Waals surface area contributed by atoms with Gasteiger partial charge in [-0.25, -0.2) is 4.39 Å². The Morgan fingerprint density at radius 1 is 1.11 bits per heavy atom. The number of rotatable bonds is 5. The van der Waals surface area contributed by atoms with Crippen molar-refractivity contribution in [1.29, 1.82) is 0 Å². The van der Waals surface area contributed by atoms with Crippen molar-refractivity contribution in [2.45, 2.75) is 57.9 Å². The smallest absolute Gasteiger partial charge is 0.123 e. The molecule has 0 saturated heterocycles. The molecule has 0 bridgehead atoms. The summed E-state index contributed by atoms with van der Waals surface area (Å²) in [6, 6.07) is 7.34. The van der Waals surface area contributed by atoms with E-state index in [0.717, 1.165) is 18.9 Å². The summed E-state index contributed by atoms with van der Waals surface area (Å²) in [5.74, 6) is 0.709. The van der Waals surface area contributed by atoms with Crippen LogP contribution in [0.5, 0.6) is 0 Å². The van der Waals surface area contributed by atoms with Gasteiger partial charge in [0.15, 0.2) is 0 Å². The van der Waals surface area contributed by atoms with E-state index >= 15 is 0 Å². The normalized spacial score (nSPS) is 19.1.